The zero-order valence-corrected chi connectivity index (χ0v) is 28.4. The van der Waals surface area contributed by atoms with Crippen molar-refractivity contribution in [1.29, 1.82) is 5.26 Å². The van der Waals surface area contributed by atoms with Crippen molar-refractivity contribution in [1.82, 2.24) is 15.0 Å². The number of hydrogen-bond acceptors (Lipinski definition) is 6. The van der Waals surface area contributed by atoms with Crippen molar-refractivity contribution in [3.8, 4) is 62.5 Å². The van der Waals surface area contributed by atoms with Crippen molar-refractivity contribution in [3.05, 3.63) is 163 Å². The number of fused-ring (bicyclic) bond motifs is 6. The maximum absolute atomic E-state index is 9.54. The van der Waals surface area contributed by atoms with Crippen LogP contribution < -0.4 is 0 Å². The molecule has 6 heteroatoms. The smallest absolute Gasteiger partial charge is 0.164 e. The third-order valence-corrected chi connectivity index (χ3v) is 10.8. The van der Waals surface area contributed by atoms with Gasteiger partial charge in [0.15, 0.2) is 17.5 Å². The molecular formula is C46H26N4OS. The summed E-state index contributed by atoms with van der Waals surface area (Å²) in [5.41, 5.74) is 9.10. The average molecular weight is 683 g/mol. The summed E-state index contributed by atoms with van der Waals surface area (Å²) >= 11 is 1.83. The van der Waals surface area contributed by atoms with Gasteiger partial charge in [-0.1, -0.05) is 121 Å². The van der Waals surface area contributed by atoms with Crippen LogP contribution in [-0.2, 0) is 0 Å². The molecular weight excluding hydrogens is 657 g/mol. The van der Waals surface area contributed by atoms with Crippen molar-refractivity contribution in [3.63, 3.8) is 0 Å². The molecule has 0 aliphatic rings. The summed E-state index contributed by atoms with van der Waals surface area (Å²) in [5.74, 6) is 1.63. The number of nitriles is 1. The Morgan fingerprint density at radius 1 is 0.462 bits per heavy atom. The quantitative estimate of drug-likeness (QED) is 0.181. The molecule has 3 aromatic heterocycles. The zero-order chi connectivity index (χ0) is 34.6. The predicted octanol–water partition coefficient (Wildman–Crippen LogP) is 12.3. The Balaban J connectivity index is 1.08. The second-order valence-corrected chi connectivity index (χ2v) is 13.8. The van der Waals surface area contributed by atoms with Crippen molar-refractivity contribution in [2.45, 2.75) is 0 Å². The van der Waals surface area contributed by atoms with E-state index in [9.17, 15) is 5.26 Å². The number of aromatic nitrogens is 3. The predicted molar refractivity (Wildman–Crippen MR) is 212 cm³/mol. The molecule has 0 saturated carbocycles. The first-order chi connectivity index (χ1) is 25.7. The largest absolute Gasteiger partial charge is 0.455 e. The molecule has 5 nitrogen and oxygen atoms in total. The van der Waals surface area contributed by atoms with Crippen LogP contribution in [0.2, 0.25) is 0 Å². The highest BCUT2D eigenvalue weighted by Crippen LogP contribution is 2.44. The lowest BCUT2D eigenvalue weighted by molar-refractivity contribution is 0.670. The molecule has 0 spiro atoms. The second-order valence-electron chi connectivity index (χ2n) is 12.7. The number of para-hydroxylation sites is 1. The summed E-state index contributed by atoms with van der Waals surface area (Å²) in [4.78, 5) is 14.7. The Morgan fingerprint density at radius 2 is 1.08 bits per heavy atom. The number of furan rings is 1. The van der Waals surface area contributed by atoms with Gasteiger partial charge in [-0.15, -0.1) is 11.3 Å². The minimum absolute atomic E-state index is 0.511. The minimum atomic E-state index is 0.511. The molecule has 0 aliphatic carbocycles. The van der Waals surface area contributed by atoms with E-state index < -0.39 is 0 Å². The number of nitrogens with zero attached hydrogens (tertiary/aromatic N) is 4. The van der Waals surface area contributed by atoms with Gasteiger partial charge in [0.25, 0.3) is 0 Å². The second kappa shape index (κ2) is 12.1. The van der Waals surface area contributed by atoms with Crippen LogP contribution in [0.15, 0.2) is 162 Å². The van der Waals surface area contributed by atoms with E-state index >= 15 is 0 Å². The minimum Gasteiger partial charge on any atom is -0.455 e. The fourth-order valence-corrected chi connectivity index (χ4v) is 8.30. The molecule has 10 aromatic rings. The van der Waals surface area contributed by atoms with Gasteiger partial charge in [0.05, 0.1) is 11.6 Å². The molecule has 0 bridgehead atoms. The summed E-state index contributed by atoms with van der Waals surface area (Å²) < 4.78 is 9.29. The van der Waals surface area contributed by atoms with Crippen LogP contribution in [-0.4, -0.2) is 15.0 Å². The fourth-order valence-electron chi connectivity index (χ4n) is 7.07. The van der Waals surface area contributed by atoms with Crippen LogP contribution in [0.25, 0.3) is 98.5 Å². The van der Waals surface area contributed by atoms with Crippen molar-refractivity contribution in [2.24, 2.45) is 0 Å². The standard InChI is InChI=1S/C46H26N4OS/c47-27-28-10-6-14-32(24-28)45-48-44(29-11-2-1-3-12-29)49-46(50-45)33-15-7-13-30(25-33)31-22-23-34-36-17-8-18-37(42(36)51-40(34)26-31)39-20-9-19-38-35-16-4-5-21-41(35)52-43(38)39/h1-26H. The van der Waals surface area contributed by atoms with Gasteiger partial charge in [0, 0.05) is 58.8 Å². The monoisotopic (exact) mass is 682 g/mol. The van der Waals surface area contributed by atoms with E-state index in [1.165, 1.54) is 25.7 Å². The maximum Gasteiger partial charge on any atom is 0.164 e. The van der Waals surface area contributed by atoms with Crippen LogP contribution in [0, 0.1) is 11.3 Å². The van der Waals surface area contributed by atoms with Gasteiger partial charge in [-0.05, 0) is 47.5 Å². The fraction of sp³-hybridized carbons (Fsp3) is 0. The molecule has 0 radical (unpaired) electrons. The molecule has 0 aliphatic heterocycles. The first-order valence-corrected chi connectivity index (χ1v) is 17.8. The molecule has 52 heavy (non-hydrogen) atoms. The number of hydrogen-bond donors (Lipinski definition) is 0. The van der Waals surface area contributed by atoms with Crippen molar-refractivity contribution < 1.29 is 4.42 Å². The van der Waals surface area contributed by atoms with Crippen LogP contribution >= 0.6 is 11.3 Å². The summed E-state index contributed by atoms with van der Waals surface area (Å²) in [6.07, 6.45) is 0. The highest BCUT2D eigenvalue weighted by atomic mass is 32.1. The molecule has 0 amide bonds. The van der Waals surface area contributed by atoms with Crippen molar-refractivity contribution >= 4 is 53.4 Å². The SMILES string of the molecule is N#Cc1cccc(-c2nc(-c3ccccc3)nc(-c3cccc(-c4ccc5c(c4)oc4c(-c6cccc7c6sc6ccccc67)cccc45)c3)n2)c1. The molecule has 242 valence electrons. The summed E-state index contributed by atoms with van der Waals surface area (Å²) in [5, 5.41) is 14.3. The molecule has 0 fully saturated rings. The third-order valence-electron chi connectivity index (χ3n) is 9.56. The first-order valence-electron chi connectivity index (χ1n) is 17.0. The average Bonchev–Trinajstić information content (AvgIpc) is 3.79. The molecule has 0 unspecified atom stereocenters. The highest BCUT2D eigenvalue weighted by molar-refractivity contribution is 7.26. The van der Waals surface area contributed by atoms with Gasteiger partial charge < -0.3 is 4.42 Å². The van der Waals surface area contributed by atoms with E-state index in [0.29, 0.717) is 23.0 Å². The number of benzene rings is 7. The maximum atomic E-state index is 9.54. The summed E-state index contributed by atoms with van der Waals surface area (Å²) in [6.45, 7) is 0. The molecule has 10 rings (SSSR count). The molecule has 0 saturated heterocycles. The Hall–Kier alpha value is -6.94. The van der Waals surface area contributed by atoms with Gasteiger partial charge in [-0.25, -0.2) is 15.0 Å². The van der Waals surface area contributed by atoms with E-state index in [-0.39, 0.29) is 0 Å². The molecule has 0 atom stereocenters. The highest BCUT2D eigenvalue weighted by Gasteiger charge is 2.18. The number of rotatable bonds is 5. The zero-order valence-electron chi connectivity index (χ0n) is 27.6. The van der Waals surface area contributed by atoms with Gasteiger partial charge >= 0.3 is 0 Å². The van der Waals surface area contributed by atoms with Crippen LogP contribution in [0.4, 0.5) is 0 Å². The van der Waals surface area contributed by atoms with Gasteiger partial charge in [0.1, 0.15) is 11.2 Å². The lowest BCUT2D eigenvalue weighted by atomic mass is 9.99. The lowest BCUT2D eigenvalue weighted by Crippen LogP contribution is -2.00. The van der Waals surface area contributed by atoms with Crippen molar-refractivity contribution in [2.75, 3.05) is 0 Å². The van der Waals surface area contributed by atoms with Gasteiger partial charge in [0.2, 0.25) is 0 Å². The van der Waals surface area contributed by atoms with Crippen LogP contribution in [0.3, 0.4) is 0 Å². The van der Waals surface area contributed by atoms with Gasteiger partial charge in [-0.2, -0.15) is 5.26 Å². The van der Waals surface area contributed by atoms with E-state index in [4.69, 9.17) is 19.4 Å². The molecule has 3 heterocycles. The van der Waals surface area contributed by atoms with E-state index in [1.807, 2.05) is 65.9 Å². The Morgan fingerprint density at radius 3 is 1.90 bits per heavy atom. The lowest BCUT2D eigenvalue weighted by Gasteiger charge is -2.10. The number of thiophene rings is 1. The Labute approximate surface area is 302 Å². The summed E-state index contributed by atoms with van der Waals surface area (Å²) in [7, 11) is 0. The van der Waals surface area contributed by atoms with Crippen LogP contribution in [0.1, 0.15) is 5.56 Å². The Bertz CT molecular complexity index is 3050. The third kappa shape index (κ3) is 5.03. The topological polar surface area (TPSA) is 75.6 Å². The molecule has 7 aromatic carbocycles. The van der Waals surface area contributed by atoms with E-state index in [0.717, 1.165) is 55.3 Å². The summed E-state index contributed by atoms with van der Waals surface area (Å²) in [6, 6.07) is 55.7. The first kappa shape index (κ1) is 29.9. The Kier molecular flexibility index (Phi) is 6.98. The van der Waals surface area contributed by atoms with E-state index in [1.54, 1.807) is 12.1 Å². The van der Waals surface area contributed by atoms with E-state index in [2.05, 4.69) is 97.1 Å². The van der Waals surface area contributed by atoms with Crippen LogP contribution in [0.5, 0.6) is 0 Å². The normalized spacial score (nSPS) is 11.4. The van der Waals surface area contributed by atoms with Gasteiger partial charge in [-0.3, -0.25) is 0 Å². The molecule has 0 N–H and O–H groups in total.